The van der Waals surface area contributed by atoms with E-state index < -0.39 is 7.60 Å². The number of hydrogen-bond donors (Lipinski definition) is 0. The SMILES string of the molecule is CCCCCCP(=O)([O-])[O-].[Cu+2]. The molecule has 0 spiro atoms. The first kappa shape index (κ1) is 14.2. The molecule has 0 amide bonds. The van der Waals surface area contributed by atoms with Crippen molar-refractivity contribution >= 4 is 7.60 Å². The van der Waals surface area contributed by atoms with Crippen molar-refractivity contribution in [2.45, 2.75) is 32.6 Å². The minimum Gasteiger partial charge on any atom is -0.811 e. The quantitative estimate of drug-likeness (QED) is 0.390. The summed E-state index contributed by atoms with van der Waals surface area (Å²) in [5.74, 6) is 0. The molecule has 0 saturated heterocycles. The van der Waals surface area contributed by atoms with Gasteiger partial charge in [0, 0.05) is 0 Å². The molecule has 11 heavy (non-hydrogen) atoms. The Morgan fingerprint density at radius 3 is 2.09 bits per heavy atom. The summed E-state index contributed by atoms with van der Waals surface area (Å²) >= 11 is 0. The predicted octanol–water partition coefficient (Wildman–Crippen LogP) is 0.478. The molecule has 0 aliphatic heterocycles. The van der Waals surface area contributed by atoms with Crippen LogP contribution in [0.5, 0.6) is 0 Å². The van der Waals surface area contributed by atoms with Gasteiger partial charge in [-0.15, -0.1) is 0 Å². The monoisotopic (exact) mass is 227 g/mol. The summed E-state index contributed by atoms with van der Waals surface area (Å²) in [6.45, 7) is 2.04. The molecule has 71 valence electrons. The second-order valence-corrected chi connectivity index (χ2v) is 4.06. The van der Waals surface area contributed by atoms with Crippen LogP contribution in [0.15, 0.2) is 0 Å². The summed E-state index contributed by atoms with van der Waals surface area (Å²) in [5.41, 5.74) is 0. The zero-order chi connectivity index (χ0) is 8.04. The summed E-state index contributed by atoms with van der Waals surface area (Å²) in [6.07, 6.45) is 3.28. The van der Waals surface area contributed by atoms with Gasteiger partial charge in [0.1, 0.15) is 0 Å². The van der Waals surface area contributed by atoms with Gasteiger partial charge in [0.2, 0.25) is 0 Å². The van der Waals surface area contributed by atoms with E-state index in [2.05, 4.69) is 0 Å². The Bertz CT molecular complexity index is 123. The van der Waals surface area contributed by atoms with Crippen molar-refractivity contribution in [1.82, 2.24) is 0 Å². The van der Waals surface area contributed by atoms with Crippen LogP contribution >= 0.6 is 7.60 Å². The van der Waals surface area contributed by atoms with Crippen molar-refractivity contribution in [1.29, 1.82) is 0 Å². The molecule has 0 fully saturated rings. The van der Waals surface area contributed by atoms with Gasteiger partial charge in [-0.1, -0.05) is 33.8 Å². The van der Waals surface area contributed by atoms with Crippen LogP contribution in [0, 0.1) is 0 Å². The number of unbranched alkanes of at least 4 members (excludes halogenated alkanes) is 3. The largest absolute Gasteiger partial charge is 2.00 e. The molecule has 0 rings (SSSR count). The summed E-state index contributed by atoms with van der Waals surface area (Å²) in [6, 6.07) is 0. The van der Waals surface area contributed by atoms with Gasteiger partial charge in [-0.25, -0.2) is 0 Å². The van der Waals surface area contributed by atoms with Gasteiger partial charge in [-0.05, 0) is 12.6 Å². The fourth-order valence-electron chi connectivity index (χ4n) is 0.732. The summed E-state index contributed by atoms with van der Waals surface area (Å²) in [7, 11) is -4.21. The summed E-state index contributed by atoms with van der Waals surface area (Å²) in [4.78, 5) is 20.1. The second kappa shape index (κ2) is 7.33. The molecule has 0 heterocycles. The van der Waals surface area contributed by atoms with Gasteiger partial charge in [0.25, 0.3) is 0 Å². The zero-order valence-corrected chi connectivity index (χ0v) is 8.35. The van der Waals surface area contributed by atoms with Gasteiger partial charge in [0.05, 0.1) is 0 Å². The third kappa shape index (κ3) is 13.6. The van der Waals surface area contributed by atoms with Crippen LogP contribution in [0.1, 0.15) is 32.6 Å². The molecule has 0 unspecified atom stereocenters. The Morgan fingerprint density at radius 2 is 1.73 bits per heavy atom. The Labute approximate surface area is 78.2 Å². The minimum absolute atomic E-state index is 0. The molecule has 0 aromatic carbocycles. The van der Waals surface area contributed by atoms with Crippen molar-refractivity contribution in [3.63, 3.8) is 0 Å². The summed E-state index contributed by atoms with van der Waals surface area (Å²) in [5, 5.41) is 0. The molecule has 1 radical (unpaired) electrons. The Kier molecular flexibility index (Phi) is 9.46. The van der Waals surface area contributed by atoms with Gasteiger partial charge < -0.3 is 14.4 Å². The van der Waals surface area contributed by atoms with E-state index in [9.17, 15) is 14.4 Å². The maximum absolute atomic E-state index is 10.1. The normalized spacial score (nSPS) is 10.8. The van der Waals surface area contributed by atoms with E-state index >= 15 is 0 Å². The molecule has 3 nitrogen and oxygen atoms in total. The molecule has 0 saturated carbocycles. The molecule has 0 aliphatic rings. The molecule has 0 aromatic heterocycles. The molecular weight excluding hydrogens is 215 g/mol. The van der Waals surface area contributed by atoms with Crippen molar-refractivity contribution in [2.24, 2.45) is 0 Å². The number of hydrogen-bond acceptors (Lipinski definition) is 3. The van der Waals surface area contributed by atoms with Gasteiger partial charge >= 0.3 is 17.1 Å². The predicted molar refractivity (Wildman–Crippen MR) is 36.6 cm³/mol. The average molecular weight is 228 g/mol. The Balaban J connectivity index is 0. The molecule has 0 aliphatic carbocycles. The molecule has 5 heteroatoms. The fraction of sp³-hybridized carbons (Fsp3) is 1.00. The van der Waals surface area contributed by atoms with E-state index in [4.69, 9.17) is 0 Å². The minimum atomic E-state index is -4.21. The van der Waals surface area contributed by atoms with Crippen molar-refractivity contribution < 1.29 is 31.4 Å². The van der Waals surface area contributed by atoms with Crippen LogP contribution in [0.4, 0.5) is 0 Å². The van der Waals surface area contributed by atoms with Crippen LogP contribution < -0.4 is 9.79 Å². The topological polar surface area (TPSA) is 63.2 Å². The zero-order valence-electron chi connectivity index (χ0n) is 6.51. The van der Waals surface area contributed by atoms with Crippen molar-refractivity contribution in [3.8, 4) is 0 Å². The Morgan fingerprint density at radius 1 is 1.18 bits per heavy atom. The van der Waals surface area contributed by atoms with Crippen LogP contribution in [-0.4, -0.2) is 6.16 Å². The molecule has 0 atom stereocenters. The van der Waals surface area contributed by atoms with Gasteiger partial charge in [-0.2, -0.15) is 0 Å². The van der Waals surface area contributed by atoms with Crippen LogP contribution in [0.25, 0.3) is 0 Å². The first-order valence-corrected chi connectivity index (χ1v) is 5.30. The first-order chi connectivity index (χ1) is 4.56. The van der Waals surface area contributed by atoms with Crippen LogP contribution in [-0.2, 0) is 21.6 Å². The van der Waals surface area contributed by atoms with E-state index in [1.54, 1.807) is 0 Å². The average Bonchev–Trinajstić information content (AvgIpc) is 1.78. The second-order valence-electron chi connectivity index (χ2n) is 2.40. The molecule has 0 aromatic rings. The van der Waals surface area contributed by atoms with Crippen molar-refractivity contribution in [3.05, 3.63) is 0 Å². The van der Waals surface area contributed by atoms with Gasteiger partial charge in [-0.3, -0.25) is 0 Å². The first-order valence-electron chi connectivity index (χ1n) is 3.57. The number of rotatable bonds is 5. The standard InChI is InChI=1S/C6H15O3P.Cu/c1-2-3-4-5-6-10(7,8)9;/h2-6H2,1H3,(H2,7,8,9);/q;+2/p-2. The molecule has 0 N–H and O–H groups in total. The third-order valence-electron chi connectivity index (χ3n) is 1.29. The fourth-order valence-corrected chi connectivity index (χ4v) is 1.34. The van der Waals surface area contributed by atoms with Crippen molar-refractivity contribution in [2.75, 3.05) is 6.16 Å². The van der Waals surface area contributed by atoms with E-state index in [0.29, 0.717) is 6.42 Å². The maximum Gasteiger partial charge on any atom is 2.00 e. The van der Waals surface area contributed by atoms with E-state index in [1.165, 1.54) is 0 Å². The third-order valence-corrected chi connectivity index (χ3v) is 2.15. The van der Waals surface area contributed by atoms with E-state index in [1.807, 2.05) is 6.92 Å². The smallest absolute Gasteiger partial charge is 0.811 e. The van der Waals surface area contributed by atoms with E-state index in [0.717, 1.165) is 19.3 Å². The molecular formula is C6H13CuO3P. The molecule has 0 bridgehead atoms. The maximum atomic E-state index is 10.1. The van der Waals surface area contributed by atoms with Gasteiger partial charge in [0.15, 0.2) is 0 Å². The summed E-state index contributed by atoms with van der Waals surface area (Å²) < 4.78 is 10.1. The van der Waals surface area contributed by atoms with Crippen LogP contribution in [0.3, 0.4) is 0 Å². The van der Waals surface area contributed by atoms with Crippen LogP contribution in [0.2, 0.25) is 0 Å². The van der Waals surface area contributed by atoms with E-state index in [-0.39, 0.29) is 23.2 Å². The Hall–Kier alpha value is 0.669.